The molecule has 1 saturated carbocycles. The van der Waals surface area contributed by atoms with Crippen LogP contribution < -0.4 is 5.32 Å². The molecule has 0 aromatic carbocycles. The van der Waals surface area contributed by atoms with Crippen LogP contribution in [0.15, 0.2) is 26.2 Å². The van der Waals surface area contributed by atoms with E-state index in [-0.39, 0.29) is 5.91 Å². The average molecular weight is 400 g/mol. The molecule has 130 valence electrons. The Bertz CT molecular complexity index is 644. The number of rotatable bonds is 7. The standard InChI is InChI=1S/C16H21N3OS4/c1-11-5-2-3-7-13(11)17-14(20)10-23-16-19-18-15(24-16)22-9-12-6-4-8-21-12/h4,6,8,11,13H,2-3,5,7,9-10H2,1H3,(H,17,20)/t11-,13-/m1/s1. The molecule has 0 bridgehead atoms. The van der Waals surface area contributed by atoms with Crippen LogP contribution in [0.3, 0.4) is 0 Å². The normalized spacial score (nSPS) is 20.9. The summed E-state index contributed by atoms with van der Waals surface area (Å²) in [4.78, 5) is 13.5. The molecule has 0 spiro atoms. The topological polar surface area (TPSA) is 54.9 Å². The van der Waals surface area contributed by atoms with Crippen LogP contribution in [-0.2, 0) is 10.5 Å². The van der Waals surface area contributed by atoms with E-state index in [0.717, 1.165) is 20.9 Å². The maximum atomic E-state index is 12.1. The molecule has 1 amide bonds. The van der Waals surface area contributed by atoms with Crippen molar-refractivity contribution in [1.82, 2.24) is 15.5 Å². The zero-order valence-corrected chi connectivity index (χ0v) is 16.8. The summed E-state index contributed by atoms with van der Waals surface area (Å²) in [6, 6.07) is 4.54. The van der Waals surface area contributed by atoms with Crippen molar-refractivity contribution >= 4 is 52.1 Å². The van der Waals surface area contributed by atoms with Gasteiger partial charge in [0.15, 0.2) is 8.68 Å². The Labute approximate surface area is 159 Å². The molecule has 3 rings (SSSR count). The molecular formula is C16H21N3OS4. The number of nitrogens with zero attached hydrogens (tertiary/aromatic N) is 2. The molecule has 8 heteroatoms. The van der Waals surface area contributed by atoms with E-state index in [0.29, 0.717) is 17.7 Å². The van der Waals surface area contributed by atoms with Gasteiger partial charge in [0, 0.05) is 16.7 Å². The molecule has 2 atom stereocenters. The Morgan fingerprint density at radius 3 is 2.83 bits per heavy atom. The number of thioether (sulfide) groups is 2. The largest absolute Gasteiger partial charge is 0.352 e. The summed E-state index contributed by atoms with van der Waals surface area (Å²) < 4.78 is 1.84. The van der Waals surface area contributed by atoms with Gasteiger partial charge in [-0.15, -0.1) is 21.5 Å². The highest BCUT2D eigenvalue weighted by molar-refractivity contribution is 8.03. The third-order valence-corrected chi connectivity index (χ3v) is 8.39. The highest BCUT2D eigenvalue weighted by Gasteiger charge is 2.22. The number of carbonyl (C=O) groups is 1. The number of nitrogens with one attached hydrogen (secondary N) is 1. The molecule has 1 aliphatic carbocycles. The quantitative estimate of drug-likeness (QED) is 0.685. The minimum absolute atomic E-state index is 0.113. The number of hydrogen-bond donors (Lipinski definition) is 1. The summed E-state index contributed by atoms with van der Waals surface area (Å²) in [5.74, 6) is 2.06. The fraction of sp³-hybridized carbons (Fsp3) is 0.562. The lowest BCUT2D eigenvalue weighted by atomic mass is 9.86. The van der Waals surface area contributed by atoms with Crippen molar-refractivity contribution in [3.63, 3.8) is 0 Å². The van der Waals surface area contributed by atoms with Crippen molar-refractivity contribution in [2.45, 2.75) is 53.1 Å². The Kier molecular flexibility index (Phi) is 7.00. The lowest BCUT2D eigenvalue weighted by Crippen LogP contribution is -2.41. The fourth-order valence-corrected chi connectivity index (χ4v) is 6.35. The van der Waals surface area contributed by atoms with Gasteiger partial charge in [-0.25, -0.2) is 0 Å². The van der Waals surface area contributed by atoms with E-state index in [1.165, 1.54) is 35.9 Å². The van der Waals surface area contributed by atoms with Gasteiger partial charge in [0.05, 0.1) is 5.75 Å². The molecule has 24 heavy (non-hydrogen) atoms. The first-order valence-electron chi connectivity index (χ1n) is 8.11. The predicted octanol–water partition coefficient (Wildman–Crippen LogP) is 4.68. The Morgan fingerprint density at radius 1 is 1.29 bits per heavy atom. The summed E-state index contributed by atoms with van der Waals surface area (Å²) >= 11 is 6.52. The van der Waals surface area contributed by atoms with Gasteiger partial charge in [-0.2, -0.15) is 0 Å². The molecule has 2 heterocycles. The van der Waals surface area contributed by atoms with Gasteiger partial charge in [-0.3, -0.25) is 4.79 Å². The minimum atomic E-state index is 0.113. The van der Waals surface area contributed by atoms with Crippen LogP contribution in [0.4, 0.5) is 0 Å². The first-order chi connectivity index (χ1) is 11.7. The van der Waals surface area contributed by atoms with Gasteiger partial charge in [0.25, 0.3) is 0 Å². The van der Waals surface area contributed by atoms with E-state index in [9.17, 15) is 4.79 Å². The zero-order valence-electron chi connectivity index (χ0n) is 13.6. The summed E-state index contributed by atoms with van der Waals surface area (Å²) in [5, 5.41) is 13.7. The van der Waals surface area contributed by atoms with Gasteiger partial charge in [-0.05, 0) is 30.2 Å². The molecule has 2 aromatic heterocycles. The molecule has 0 unspecified atom stereocenters. The van der Waals surface area contributed by atoms with Crippen molar-refractivity contribution in [3.05, 3.63) is 22.4 Å². The second-order valence-corrected chi connectivity index (χ2v) is 10.4. The van der Waals surface area contributed by atoms with E-state index < -0.39 is 0 Å². The van der Waals surface area contributed by atoms with Gasteiger partial charge >= 0.3 is 0 Å². The van der Waals surface area contributed by atoms with Crippen molar-refractivity contribution < 1.29 is 4.79 Å². The Balaban J connectivity index is 1.40. The maximum Gasteiger partial charge on any atom is 0.230 e. The van der Waals surface area contributed by atoms with Crippen molar-refractivity contribution in [1.29, 1.82) is 0 Å². The monoisotopic (exact) mass is 399 g/mol. The van der Waals surface area contributed by atoms with E-state index in [2.05, 4.69) is 40.0 Å². The van der Waals surface area contributed by atoms with Crippen molar-refractivity contribution in [3.8, 4) is 0 Å². The highest BCUT2D eigenvalue weighted by Crippen LogP contribution is 2.31. The predicted molar refractivity (Wildman–Crippen MR) is 104 cm³/mol. The fourth-order valence-electron chi connectivity index (χ4n) is 2.75. The summed E-state index contributed by atoms with van der Waals surface area (Å²) in [6.07, 6.45) is 4.85. The summed E-state index contributed by atoms with van der Waals surface area (Å²) in [6.45, 7) is 2.24. The molecule has 0 aliphatic heterocycles. The number of aromatic nitrogens is 2. The third kappa shape index (κ3) is 5.47. The lowest BCUT2D eigenvalue weighted by molar-refractivity contribution is -0.119. The Hall–Kier alpha value is -0.570. The molecule has 1 N–H and O–H groups in total. The number of amides is 1. The Morgan fingerprint density at radius 2 is 2.08 bits per heavy atom. The van der Waals surface area contributed by atoms with E-state index >= 15 is 0 Å². The van der Waals surface area contributed by atoms with Crippen LogP contribution in [0.1, 0.15) is 37.5 Å². The number of carbonyl (C=O) groups excluding carboxylic acids is 1. The first-order valence-corrected chi connectivity index (χ1v) is 11.8. The average Bonchev–Trinajstić information content (AvgIpc) is 3.25. The molecular weight excluding hydrogens is 378 g/mol. The van der Waals surface area contributed by atoms with E-state index in [1.807, 2.05) is 0 Å². The lowest BCUT2D eigenvalue weighted by Gasteiger charge is -2.29. The second-order valence-electron chi connectivity index (χ2n) is 5.93. The maximum absolute atomic E-state index is 12.1. The van der Waals surface area contributed by atoms with Crippen LogP contribution in [-0.4, -0.2) is 27.9 Å². The third-order valence-electron chi connectivity index (χ3n) is 4.09. The zero-order chi connectivity index (χ0) is 16.8. The van der Waals surface area contributed by atoms with Crippen LogP contribution in [0.5, 0.6) is 0 Å². The molecule has 2 aromatic rings. The number of hydrogen-bond acceptors (Lipinski definition) is 7. The van der Waals surface area contributed by atoms with Crippen LogP contribution in [0.2, 0.25) is 0 Å². The van der Waals surface area contributed by atoms with Gasteiger partial charge in [-0.1, -0.05) is 60.7 Å². The summed E-state index contributed by atoms with van der Waals surface area (Å²) in [5.41, 5.74) is 0. The SMILES string of the molecule is C[C@@H]1CCCC[C@H]1NC(=O)CSc1nnc(SCc2cccs2)s1. The highest BCUT2D eigenvalue weighted by atomic mass is 32.2. The van der Waals surface area contributed by atoms with Gasteiger partial charge in [0.2, 0.25) is 5.91 Å². The minimum Gasteiger partial charge on any atom is -0.352 e. The smallest absolute Gasteiger partial charge is 0.230 e. The second kappa shape index (κ2) is 9.22. The van der Waals surface area contributed by atoms with E-state index in [1.54, 1.807) is 34.4 Å². The molecule has 1 fully saturated rings. The van der Waals surface area contributed by atoms with Crippen LogP contribution in [0.25, 0.3) is 0 Å². The van der Waals surface area contributed by atoms with E-state index in [4.69, 9.17) is 0 Å². The van der Waals surface area contributed by atoms with Crippen molar-refractivity contribution in [2.75, 3.05) is 5.75 Å². The van der Waals surface area contributed by atoms with Crippen molar-refractivity contribution in [2.24, 2.45) is 5.92 Å². The molecule has 1 aliphatic rings. The summed E-state index contributed by atoms with van der Waals surface area (Å²) in [7, 11) is 0. The van der Waals surface area contributed by atoms with Gasteiger partial charge in [0.1, 0.15) is 0 Å². The van der Waals surface area contributed by atoms with Crippen LogP contribution in [0, 0.1) is 5.92 Å². The molecule has 0 radical (unpaired) electrons. The van der Waals surface area contributed by atoms with Crippen LogP contribution >= 0.6 is 46.2 Å². The number of thiophene rings is 1. The van der Waals surface area contributed by atoms with Gasteiger partial charge < -0.3 is 5.32 Å². The molecule has 0 saturated heterocycles. The molecule has 4 nitrogen and oxygen atoms in total. The first kappa shape index (κ1) is 18.2.